The van der Waals surface area contributed by atoms with Gasteiger partial charge in [0.1, 0.15) is 0 Å². The fraction of sp³-hybridized carbons (Fsp3) is 0.833. The van der Waals surface area contributed by atoms with Crippen molar-refractivity contribution >= 4 is 12.0 Å². The molecule has 6 nitrogen and oxygen atoms in total. The summed E-state index contributed by atoms with van der Waals surface area (Å²) in [7, 11) is 0. The fourth-order valence-electron chi connectivity index (χ4n) is 1.80. The van der Waals surface area contributed by atoms with Gasteiger partial charge in [0, 0.05) is 31.7 Å². The van der Waals surface area contributed by atoms with Crippen molar-refractivity contribution in [2.24, 2.45) is 0 Å². The van der Waals surface area contributed by atoms with Crippen LogP contribution in [0.1, 0.15) is 33.1 Å². The van der Waals surface area contributed by atoms with Gasteiger partial charge in [0.25, 0.3) is 0 Å². The van der Waals surface area contributed by atoms with E-state index in [1.54, 1.807) is 4.90 Å². The van der Waals surface area contributed by atoms with Gasteiger partial charge in [-0.2, -0.15) is 0 Å². The van der Waals surface area contributed by atoms with E-state index < -0.39 is 11.5 Å². The molecule has 0 radical (unpaired) electrons. The number of rotatable bonds is 4. The SMILES string of the molecule is CC(C)(CCC(=O)O)NC(=O)N1CCCOCC1. The zero-order chi connectivity index (χ0) is 13.6. The lowest BCUT2D eigenvalue weighted by Gasteiger charge is -2.30. The molecule has 0 aromatic carbocycles. The molecule has 2 N–H and O–H groups in total. The third-order valence-corrected chi connectivity index (χ3v) is 2.92. The summed E-state index contributed by atoms with van der Waals surface area (Å²) < 4.78 is 5.28. The number of nitrogens with zero attached hydrogens (tertiary/aromatic N) is 1. The average Bonchev–Trinajstić information content (AvgIpc) is 2.54. The van der Waals surface area contributed by atoms with Crippen molar-refractivity contribution in [3.8, 4) is 0 Å². The molecule has 0 aliphatic carbocycles. The number of urea groups is 1. The fourth-order valence-corrected chi connectivity index (χ4v) is 1.80. The smallest absolute Gasteiger partial charge is 0.317 e. The number of carboxylic acid groups (broad SMARTS) is 1. The van der Waals surface area contributed by atoms with Gasteiger partial charge in [-0.1, -0.05) is 0 Å². The van der Waals surface area contributed by atoms with Crippen molar-refractivity contribution in [1.29, 1.82) is 0 Å². The first-order valence-corrected chi connectivity index (χ1v) is 6.27. The Morgan fingerprint density at radius 2 is 2.06 bits per heavy atom. The number of carbonyl (C=O) groups excluding carboxylic acids is 1. The summed E-state index contributed by atoms with van der Waals surface area (Å²) in [4.78, 5) is 24.3. The van der Waals surface area contributed by atoms with Gasteiger partial charge >= 0.3 is 12.0 Å². The number of carboxylic acids is 1. The van der Waals surface area contributed by atoms with E-state index in [0.717, 1.165) is 6.42 Å². The minimum atomic E-state index is -0.847. The molecule has 1 rings (SSSR count). The predicted molar refractivity (Wildman–Crippen MR) is 66.5 cm³/mol. The van der Waals surface area contributed by atoms with E-state index in [2.05, 4.69) is 5.32 Å². The van der Waals surface area contributed by atoms with Crippen LogP contribution in [0.15, 0.2) is 0 Å². The van der Waals surface area contributed by atoms with Crippen molar-refractivity contribution < 1.29 is 19.4 Å². The second-order valence-electron chi connectivity index (χ2n) is 5.16. The second-order valence-corrected chi connectivity index (χ2v) is 5.16. The first-order valence-electron chi connectivity index (χ1n) is 6.27. The van der Waals surface area contributed by atoms with E-state index in [0.29, 0.717) is 32.7 Å². The molecule has 2 amide bonds. The van der Waals surface area contributed by atoms with Crippen LogP contribution < -0.4 is 5.32 Å². The number of amides is 2. The van der Waals surface area contributed by atoms with Gasteiger partial charge in [-0.15, -0.1) is 0 Å². The molecule has 104 valence electrons. The van der Waals surface area contributed by atoms with E-state index in [4.69, 9.17) is 9.84 Å². The maximum atomic E-state index is 12.0. The van der Waals surface area contributed by atoms with Crippen LogP contribution in [0.5, 0.6) is 0 Å². The predicted octanol–water partition coefficient (Wildman–Crippen LogP) is 1.06. The van der Waals surface area contributed by atoms with E-state index >= 15 is 0 Å². The Kier molecular flexibility index (Phi) is 5.40. The summed E-state index contributed by atoms with van der Waals surface area (Å²) in [5, 5.41) is 11.5. The van der Waals surface area contributed by atoms with Crippen molar-refractivity contribution in [3.63, 3.8) is 0 Å². The normalized spacial score (nSPS) is 17.1. The summed E-state index contributed by atoms with van der Waals surface area (Å²) >= 11 is 0. The van der Waals surface area contributed by atoms with Crippen LogP contribution in [-0.2, 0) is 9.53 Å². The lowest BCUT2D eigenvalue weighted by molar-refractivity contribution is -0.137. The number of ether oxygens (including phenoxy) is 1. The molecule has 0 bridgehead atoms. The molecule has 1 saturated heterocycles. The van der Waals surface area contributed by atoms with Gasteiger partial charge < -0.3 is 20.1 Å². The largest absolute Gasteiger partial charge is 0.481 e. The van der Waals surface area contributed by atoms with Crippen LogP contribution in [0.4, 0.5) is 4.79 Å². The highest BCUT2D eigenvalue weighted by Crippen LogP contribution is 2.12. The van der Waals surface area contributed by atoms with E-state index in [1.165, 1.54) is 0 Å². The molecule has 6 heteroatoms. The molecule has 0 atom stereocenters. The summed E-state index contributed by atoms with van der Waals surface area (Å²) in [5.74, 6) is -0.847. The number of nitrogens with one attached hydrogen (secondary N) is 1. The summed E-state index contributed by atoms with van der Waals surface area (Å²) in [6.07, 6.45) is 1.30. The van der Waals surface area contributed by atoms with Gasteiger partial charge in [-0.25, -0.2) is 4.79 Å². The monoisotopic (exact) mass is 258 g/mol. The number of hydrogen-bond donors (Lipinski definition) is 2. The van der Waals surface area contributed by atoms with Crippen LogP contribution in [0.2, 0.25) is 0 Å². The van der Waals surface area contributed by atoms with Crippen molar-refractivity contribution in [3.05, 3.63) is 0 Å². The molecule has 0 aromatic heterocycles. The third-order valence-electron chi connectivity index (χ3n) is 2.92. The Labute approximate surface area is 107 Å². The minimum absolute atomic E-state index is 0.0520. The Morgan fingerprint density at radius 1 is 1.33 bits per heavy atom. The first-order chi connectivity index (χ1) is 8.41. The van der Waals surface area contributed by atoms with Crippen molar-refractivity contribution in [1.82, 2.24) is 10.2 Å². The van der Waals surface area contributed by atoms with Gasteiger partial charge in [0.05, 0.1) is 6.61 Å². The van der Waals surface area contributed by atoms with Crippen LogP contribution in [0.25, 0.3) is 0 Å². The van der Waals surface area contributed by atoms with Gasteiger partial charge in [-0.3, -0.25) is 4.79 Å². The lowest BCUT2D eigenvalue weighted by atomic mass is 9.99. The number of hydrogen-bond acceptors (Lipinski definition) is 3. The highest BCUT2D eigenvalue weighted by atomic mass is 16.5. The highest BCUT2D eigenvalue weighted by molar-refractivity contribution is 5.75. The van der Waals surface area contributed by atoms with Crippen LogP contribution in [0.3, 0.4) is 0 Å². The van der Waals surface area contributed by atoms with Gasteiger partial charge in [-0.05, 0) is 26.7 Å². The second kappa shape index (κ2) is 6.58. The minimum Gasteiger partial charge on any atom is -0.481 e. The van der Waals surface area contributed by atoms with E-state index in [-0.39, 0.29) is 12.5 Å². The molecule has 1 aliphatic rings. The molecule has 0 saturated carbocycles. The van der Waals surface area contributed by atoms with E-state index in [9.17, 15) is 9.59 Å². The topological polar surface area (TPSA) is 78.9 Å². The summed E-state index contributed by atoms with van der Waals surface area (Å²) in [6.45, 7) is 6.18. The summed E-state index contributed by atoms with van der Waals surface area (Å²) in [6, 6.07) is -0.143. The van der Waals surface area contributed by atoms with E-state index in [1.807, 2.05) is 13.8 Å². The molecule has 1 fully saturated rings. The Hall–Kier alpha value is -1.30. The van der Waals surface area contributed by atoms with Crippen LogP contribution >= 0.6 is 0 Å². The molecular formula is C12H22N2O4. The summed E-state index contributed by atoms with van der Waals surface area (Å²) in [5.41, 5.74) is -0.511. The van der Waals surface area contributed by atoms with Crippen molar-refractivity contribution in [2.75, 3.05) is 26.3 Å². The van der Waals surface area contributed by atoms with Crippen LogP contribution in [0, 0.1) is 0 Å². The zero-order valence-electron chi connectivity index (χ0n) is 11.1. The Morgan fingerprint density at radius 3 is 2.72 bits per heavy atom. The molecular weight excluding hydrogens is 236 g/mol. The zero-order valence-corrected chi connectivity index (χ0v) is 11.1. The highest BCUT2D eigenvalue weighted by Gasteiger charge is 2.24. The molecule has 0 unspecified atom stereocenters. The first kappa shape index (κ1) is 14.8. The Balaban J connectivity index is 2.43. The van der Waals surface area contributed by atoms with Gasteiger partial charge in [0.2, 0.25) is 0 Å². The maximum Gasteiger partial charge on any atom is 0.317 e. The molecule has 1 aliphatic heterocycles. The molecule has 0 spiro atoms. The average molecular weight is 258 g/mol. The number of aliphatic carboxylic acids is 1. The maximum absolute atomic E-state index is 12.0. The standard InChI is InChI=1S/C12H22N2O4/c1-12(2,5-4-10(15)16)13-11(17)14-6-3-8-18-9-7-14/h3-9H2,1-2H3,(H,13,17)(H,15,16). The molecule has 18 heavy (non-hydrogen) atoms. The van der Waals surface area contributed by atoms with Crippen LogP contribution in [-0.4, -0.2) is 53.8 Å². The number of carbonyl (C=O) groups is 2. The van der Waals surface area contributed by atoms with Crippen molar-refractivity contribution in [2.45, 2.75) is 38.6 Å². The van der Waals surface area contributed by atoms with Gasteiger partial charge in [0.15, 0.2) is 0 Å². The quantitative estimate of drug-likeness (QED) is 0.790. The third kappa shape index (κ3) is 5.35. The lowest BCUT2D eigenvalue weighted by Crippen LogP contribution is -2.50. The molecule has 0 aromatic rings. The molecule has 1 heterocycles. The Bertz CT molecular complexity index is 296.